The third kappa shape index (κ3) is 3.23. The van der Waals surface area contributed by atoms with E-state index < -0.39 is 0 Å². The molecule has 0 bridgehead atoms. The molecule has 2 fully saturated rings. The molecule has 4 heteroatoms. The van der Waals surface area contributed by atoms with E-state index in [1.807, 2.05) is 18.9 Å². The Bertz CT molecular complexity index is 269. The quantitative estimate of drug-likeness (QED) is 0.754. The Labute approximate surface area is 110 Å². The summed E-state index contributed by atoms with van der Waals surface area (Å²) in [4.78, 5) is 14.1. The van der Waals surface area contributed by atoms with Crippen LogP contribution in [-0.4, -0.2) is 49.7 Å². The lowest BCUT2D eigenvalue weighted by molar-refractivity contribution is -0.132. The van der Waals surface area contributed by atoms with Crippen molar-refractivity contribution < 1.29 is 9.53 Å². The second-order valence-corrected chi connectivity index (χ2v) is 5.56. The van der Waals surface area contributed by atoms with Crippen LogP contribution in [0.5, 0.6) is 0 Å². The molecule has 104 valence electrons. The van der Waals surface area contributed by atoms with Gasteiger partial charge in [0.2, 0.25) is 5.91 Å². The van der Waals surface area contributed by atoms with Crippen molar-refractivity contribution in [3.63, 3.8) is 0 Å². The Kier molecular flexibility index (Phi) is 5.01. The predicted octanol–water partition coefficient (Wildman–Crippen LogP) is 1.40. The molecule has 1 saturated carbocycles. The van der Waals surface area contributed by atoms with Crippen molar-refractivity contribution in [3.05, 3.63) is 0 Å². The number of hydrogen-bond acceptors (Lipinski definition) is 3. The largest absolute Gasteiger partial charge is 0.380 e. The highest BCUT2D eigenvalue weighted by molar-refractivity contribution is 5.82. The van der Waals surface area contributed by atoms with Crippen molar-refractivity contribution in [2.75, 3.05) is 26.8 Å². The van der Waals surface area contributed by atoms with E-state index in [2.05, 4.69) is 5.32 Å². The van der Waals surface area contributed by atoms with E-state index in [4.69, 9.17) is 4.74 Å². The van der Waals surface area contributed by atoms with Crippen molar-refractivity contribution >= 4 is 5.91 Å². The summed E-state index contributed by atoms with van der Waals surface area (Å²) in [5.74, 6) is 0.970. The molecule has 1 amide bonds. The first-order chi connectivity index (χ1) is 8.72. The van der Waals surface area contributed by atoms with E-state index in [1.54, 1.807) is 0 Å². The zero-order valence-electron chi connectivity index (χ0n) is 11.7. The topological polar surface area (TPSA) is 41.6 Å². The van der Waals surface area contributed by atoms with Gasteiger partial charge in [0.05, 0.1) is 12.6 Å². The normalized spacial score (nSPS) is 31.1. The first kappa shape index (κ1) is 13.8. The second kappa shape index (κ2) is 6.53. The number of carbonyl (C=O) groups is 1. The number of fused-ring (bicyclic) bond motifs is 1. The Morgan fingerprint density at radius 2 is 2.17 bits per heavy atom. The predicted molar refractivity (Wildman–Crippen MR) is 71.4 cm³/mol. The maximum absolute atomic E-state index is 12.3. The maximum Gasteiger partial charge on any atom is 0.239 e. The highest BCUT2D eigenvalue weighted by Gasteiger charge is 2.38. The van der Waals surface area contributed by atoms with E-state index in [0.717, 1.165) is 12.3 Å². The minimum atomic E-state index is 0.0460. The fourth-order valence-corrected chi connectivity index (χ4v) is 3.23. The van der Waals surface area contributed by atoms with Gasteiger partial charge in [-0.1, -0.05) is 12.8 Å². The summed E-state index contributed by atoms with van der Waals surface area (Å²) < 4.78 is 5.30. The van der Waals surface area contributed by atoms with Crippen LogP contribution in [0.4, 0.5) is 0 Å². The first-order valence-corrected chi connectivity index (χ1v) is 7.31. The highest BCUT2D eigenvalue weighted by Crippen LogP contribution is 2.33. The molecule has 0 aromatic carbocycles. The van der Waals surface area contributed by atoms with Gasteiger partial charge < -0.3 is 15.0 Å². The van der Waals surface area contributed by atoms with Crippen molar-refractivity contribution in [1.82, 2.24) is 10.2 Å². The summed E-state index contributed by atoms with van der Waals surface area (Å²) in [7, 11) is 1.88. The molecule has 3 atom stereocenters. The number of hydrogen-bond donors (Lipinski definition) is 1. The molecule has 1 aliphatic heterocycles. The van der Waals surface area contributed by atoms with Crippen molar-refractivity contribution in [2.45, 2.75) is 51.1 Å². The average molecular weight is 254 g/mol. The van der Waals surface area contributed by atoms with Crippen LogP contribution >= 0.6 is 0 Å². The molecule has 2 aliphatic rings. The van der Waals surface area contributed by atoms with Gasteiger partial charge in [0.25, 0.3) is 0 Å². The lowest BCUT2D eigenvalue weighted by atomic mass is 9.85. The third-order valence-electron chi connectivity index (χ3n) is 4.31. The average Bonchev–Trinajstić information content (AvgIpc) is 2.81. The molecule has 2 rings (SSSR count). The van der Waals surface area contributed by atoms with Crippen LogP contribution in [0, 0.1) is 5.92 Å². The molecular formula is C14H26N2O2. The molecule has 0 aromatic heterocycles. The van der Waals surface area contributed by atoms with Gasteiger partial charge in [-0.15, -0.1) is 0 Å². The van der Waals surface area contributed by atoms with Crippen LogP contribution in [0.3, 0.4) is 0 Å². The lowest BCUT2D eigenvalue weighted by Crippen LogP contribution is -2.44. The highest BCUT2D eigenvalue weighted by atomic mass is 16.5. The molecule has 0 radical (unpaired) electrons. The third-order valence-corrected chi connectivity index (χ3v) is 4.31. The SMILES string of the molecule is CCOCCN(C)C(=O)C1CC2CCCCC2N1. The standard InChI is InChI=1S/C14H26N2O2/c1-3-18-9-8-16(2)14(17)13-10-11-6-4-5-7-12(11)15-13/h11-13,15H,3-10H2,1-2H3. The summed E-state index contributed by atoms with van der Waals surface area (Å²) in [6, 6.07) is 0.637. The molecular weight excluding hydrogens is 228 g/mol. The molecule has 3 unspecified atom stereocenters. The Morgan fingerprint density at radius 3 is 2.89 bits per heavy atom. The number of carbonyl (C=O) groups excluding carboxylic acids is 1. The number of rotatable bonds is 5. The van der Waals surface area contributed by atoms with Gasteiger partial charge in [0.1, 0.15) is 0 Å². The van der Waals surface area contributed by atoms with Crippen molar-refractivity contribution in [1.29, 1.82) is 0 Å². The molecule has 0 spiro atoms. The lowest BCUT2D eigenvalue weighted by Gasteiger charge is -2.24. The van der Waals surface area contributed by atoms with Crippen LogP contribution in [0.15, 0.2) is 0 Å². The second-order valence-electron chi connectivity index (χ2n) is 5.56. The summed E-state index contributed by atoms with van der Waals surface area (Å²) in [6.07, 6.45) is 6.23. The van der Waals surface area contributed by atoms with Crippen LogP contribution < -0.4 is 5.32 Å². The van der Waals surface area contributed by atoms with E-state index in [0.29, 0.717) is 25.8 Å². The first-order valence-electron chi connectivity index (χ1n) is 7.31. The van der Waals surface area contributed by atoms with E-state index in [9.17, 15) is 4.79 Å². The van der Waals surface area contributed by atoms with E-state index in [-0.39, 0.29) is 11.9 Å². The fourth-order valence-electron chi connectivity index (χ4n) is 3.23. The number of ether oxygens (including phenoxy) is 1. The molecule has 4 nitrogen and oxygen atoms in total. The molecule has 1 saturated heterocycles. The van der Waals surface area contributed by atoms with Crippen LogP contribution in [0.25, 0.3) is 0 Å². The molecule has 18 heavy (non-hydrogen) atoms. The molecule has 1 aliphatic carbocycles. The van der Waals surface area contributed by atoms with Gasteiger partial charge in [0, 0.05) is 26.2 Å². The Balaban J connectivity index is 1.79. The number of likely N-dealkylation sites (N-methyl/N-ethyl adjacent to an activating group) is 1. The van der Waals surface area contributed by atoms with Crippen molar-refractivity contribution in [2.24, 2.45) is 5.92 Å². The summed E-state index contributed by atoms with van der Waals surface area (Å²) in [5.41, 5.74) is 0. The molecule has 1 N–H and O–H groups in total. The van der Waals surface area contributed by atoms with Gasteiger partial charge >= 0.3 is 0 Å². The van der Waals surface area contributed by atoms with Crippen LogP contribution in [0.2, 0.25) is 0 Å². The van der Waals surface area contributed by atoms with Gasteiger partial charge in [0.15, 0.2) is 0 Å². The minimum absolute atomic E-state index is 0.0460. The number of nitrogens with one attached hydrogen (secondary N) is 1. The number of amides is 1. The zero-order chi connectivity index (χ0) is 13.0. The summed E-state index contributed by atoms with van der Waals surface area (Å²) >= 11 is 0. The van der Waals surface area contributed by atoms with Gasteiger partial charge in [-0.25, -0.2) is 0 Å². The Hall–Kier alpha value is -0.610. The van der Waals surface area contributed by atoms with E-state index >= 15 is 0 Å². The van der Waals surface area contributed by atoms with E-state index in [1.165, 1.54) is 25.7 Å². The smallest absolute Gasteiger partial charge is 0.239 e. The fraction of sp³-hybridized carbons (Fsp3) is 0.929. The van der Waals surface area contributed by atoms with Gasteiger partial charge in [-0.05, 0) is 32.1 Å². The maximum atomic E-state index is 12.3. The molecule has 1 heterocycles. The monoisotopic (exact) mass is 254 g/mol. The Morgan fingerprint density at radius 1 is 1.39 bits per heavy atom. The van der Waals surface area contributed by atoms with Gasteiger partial charge in [-0.3, -0.25) is 4.79 Å². The minimum Gasteiger partial charge on any atom is -0.380 e. The van der Waals surface area contributed by atoms with Crippen LogP contribution in [0.1, 0.15) is 39.0 Å². The van der Waals surface area contributed by atoms with Crippen LogP contribution in [-0.2, 0) is 9.53 Å². The summed E-state index contributed by atoms with van der Waals surface area (Å²) in [6.45, 7) is 4.03. The van der Waals surface area contributed by atoms with Crippen molar-refractivity contribution in [3.8, 4) is 0 Å². The molecule has 0 aromatic rings. The number of nitrogens with zero attached hydrogens (tertiary/aromatic N) is 1. The van der Waals surface area contributed by atoms with Gasteiger partial charge in [-0.2, -0.15) is 0 Å². The summed E-state index contributed by atoms with van der Waals surface area (Å²) in [5, 5.41) is 3.53. The zero-order valence-corrected chi connectivity index (χ0v) is 11.7.